The summed E-state index contributed by atoms with van der Waals surface area (Å²) in [5.74, 6) is 0. The molecule has 0 spiro atoms. The van der Waals surface area contributed by atoms with Crippen molar-refractivity contribution in [2.75, 3.05) is 20.1 Å². The Bertz CT molecular complexity index is 618. The van der Waals surface area contributed by atoms with Crippen LogP contribution in [0.3, 0.4) is 0 Å². The van der Waals surface area contributed by atoms with Gasteiger partial charge in [0, 0.05) is 19.6 Å². The second kappa shape index (κ2) is 5.68. The van der Waals surface area contributed by atoms with Gasteiger partial charge in [-0.2, -0.15) is 4.31 Å². The lowest BCUT2D eigenvalue weighted by molar-refractivity contribution is -0.0114. The molecule has 5 nitrogen and oxygen atoms in total. The Hall–Kier alpha value is -0.950. The van der Waals surface area contributed by atoms with Crippen LogP contribution in [-0.2, 0) is 21.3 Å². The minimum absolute atomic E-state index is 0.0688. The summed E-state index contributed by atoms with van der Waals surface area (Å²) in [6.45, 7) is 3.48. The molecule has 2 atom stereocenters. The number of benzene rings is 1. The number of aryl methyl sites for hydroxylation is 1. The Labute approximate surface area is 126 Å². The average molecular weight is 310 g/mol. The lowest BCUT2D eigenvalue weighted by Gasteiger charge is -2.31. The van der Waals surface area contributed by atoms with Crippen molar-refractivity contribution in [1.29, 1.82) is 0 Å². The number of ether oxygens (including phenoxy) is 1. The highest BCUT2D eigenvalue weighted by atomic mass is 32.2. The fourth-order valence-corrected chi connectivity index (χ4v) is 4.93. The number of rotatable bonds is 4. The van der Waals surface area contributed by atoms with E-state index in [0.717, 1.165) is 24.0 Å². The van der Waals surface area contributed by atoms with Gasteiger partial charge in [-0.15, -0.1) is 0 Å². The highest BCUT2D eigenvalue weighted by molar-refractivity contribution is 7.89. The molecular formula is C15H22N2O3S. The van der Waals surface area contributed by atoms with Crippen LogP contribution in [0.1, 0.15) is 24.0 Å². The van der Waals surface area contributed by atoms with E-state index in [9.17, 15) is 8.42 Å². The fraction of sp³-hybridized carbons (Fsp3) is 0.600. The van der Waals surface area contributed by atoms with Gasteiger partial charge in [-0.3, -0.25) is 0 Å². The molecule has 0 aromatic heterocycles. The first-order chi connectivity index (χ1) is 10.0. The Morgan fingerprint density at radius 3 is 2.57 bits per heavy atom. The first-order valence-electron chi connectivity index (χ1n) is 7.40. The van der Waals surface area contributed by atoms with E-state index in [1.165, 1.54) is 0 Å². The van der Waals surface area contributed by atoms with Gasteiger partial charge in [-0.05, 0) is 44.0 Å². The molecule has 0 saturated carbocycles. The zero-order chi connectivity index (χ0) is 15.0. The molecule has 1 aromatic carbocycles. The topological polar surface area (TPSA) is 58.6 Å². The largest absolute Gasteiger partial charge is 0.372 e. The molecule has 2 unspecified atom stereocenters. The summed E-state index contributed by atoms with van der Waals surface area (Å²) in [7, 11) is -1.58. The summed E-state index contributed by atoms with van der Waals surface area (Å²) in [4.78, 5) is 0.427. The van der Waals surface area contributed by atoms with Gasteiger partial charge in [0.25, 0.3) is 0 Å². The number of hydrogen-bond donors (Lipinski definition) is 1. The second-order valence-corrected chi connectivity index (χ2v) is 7.82. The average Bonchev–Trinajstić information content (AvgIpc) is 2.79. The van der Waals surface area contributed by atoms with E-state index >= 15 is 0 Å². The summed E-state index contributed by atoms with van der Waals surface area (Å²) in [5.41, 5.74) is 1.78. The molecule has 6 heteroatoms. The van der Waals surface area contributed by atoms with Gasteiger partial charge >= 0.3 is 0 Å². The zero-order valence-electron chi connectivity index (χ0n) is 12.5. The predicted molar refractivity (Wildman–Crippen MR) is 80.6 cm³/mol. The van der Waals surface area contributed by atoms with Crippen LogP contribution in [0.5, 0.6) is 0 Å². The van der Waals surface area contributed by atoms with Crippen molar-refractivity contribution in [3.05, 3.63) is 29.3 Å². The van der Waals surface area contributed by atoms with E-state index in [2.05, 4.69) is 5.32 Å². The summed E-state index contributed by atoms with van der Waals surface area (Å²) >= 11 is 0. The van der Waals surface area contributed by atoms with Crippen LogP contribution in [-0.4, -0.2) is 45.1 Å². The SMILES string of the molecule is CNCc1ccc(C)c(S(=O)(=O)N2CC3CCC(C2)O3)c1. The van der Waals surface area contributed by atoms with Crippen molar-refractivity contribution < 1.29 is 13.2 Å². The molecule has 1 aromatic rings. The maximum absolute atomic E-state index is 12.9. The van der Waals surface area contributed by atoms with E-state index in [4.69, 9.17) is 4.74 Å². The van der Waals surface area contributed by atoms with Gasteiger partial charge in [0.05, 0.1) is 17.1 Å². The highest BCUT2D eigenvalue weighted by Crippen LogP contribution is 2.31. The van der Waals surface area contributed by atoms with Crippen molar-refractivity contribution in [2.45, 2.75) is 43.4 Å². The van der Waals surface area contributed by atoms with Crippen molar-refractivity contribution in [3.63, 3.8) is 0 Å². The van der Waals surface area contributed by atoms with E-state index in [1.54, 1.807) is 10.4 Å². The third-order valence-electron chi connectivity index (χ3n) is 4.26. The summed E-state index contributed by atoms with van der Waals surface area (Å²) in [6.07, 6.45) is 2.07. The van der Waals surface area contributed by atoms with Crippen LogP contribution in [0.2, 0.25) is 0 Å². The third kappa shape index (κ3) is 2.85. The molecule has 0 radical (unpaired) electrons. The summed E-state index contributed by atoms with van der Waals surface area (Å²) in [5, 5.41) is 3.06. The number of fused-ring (bicyclic) bond motifs is 2. The summed E-state index contributed by atoms with van der Waals surface area (Å²) in [6, 6.07) is 5.64. The zero-order valence-corrected chi connectivity index (χ0v) is 13.3. The van der Waals surface area contributed by atoms with E-state index in [0.29, 0.717) is 24.5 Å². The first kappa shape index (κ1) is 15.0. The Morgan fingerprint density at radius 1 is 1.29 bits per heavy atom. The lowest BCUT2D eigenvalue weighted by Crippen LogP contribution is -2.45. The standard InChI is InChI=1S/C15H22N2O3S/c1-11-3-4-12(8-16-2)7-15(11)21(18,19)17-9-13-5-6-14(10-17)20-13/h3-4,7,13-14,16H,5-6,8-10H2,1-2H3. The molecule has 116 valence electrons. The molecule has 3 rings (SSSR count). The predicted octanol–water partition coefficient (Wildman–Crippen LogP) is 1.27. The molecule has 1 N–H and O–H groups in total. The molecule has 2 saturated heterocycles. The molecule has 2 aliphatic heterocycles. The Balaban J connectivity index is 1.92. The monoisotopic (exact) mass is 310 g/mol. The van der Waals surface area contributed by atoms with Gasteiger partial charge in [0.1, 0.15) is 0 Å². The van der Waals surface area contributed by atoms with Crippen molar-refractivity contribution >= 4 is 10.0 Å². The van der Waals surface area contributed by atoms with E-state index in [-0.39, 0.29) is 12.2 Å². The number of morpholine rings is 1. The molecule has 2 fully saturated rings. The highest BCUT2D eigenvalue weighted by Gasteiger charge is 2.39. The molecule has 21 heavy (non-hydrogen) atoms. The van der Waals surface area contributed by atoms with Crippen molar-refractivity contribution in [1.82, 2.24) is 9.62 Å². The third-order valence-corrected chi connectivity index (χ3v) is 6.23. The smallest absolute Gasteiger partial charge is 0.243 e. The van der Waals surface area contributed by atoms with Gasteiger partial charge in [-0.1, -0.05) is 12.1 Å². The normalized spacial score (nSPS) is 26.2. The van der Waals surface area contributed by atoms with Gasteiger partial charge in [0.15, 0.2) is 0 Å². The maximum Gasteiger partial charge on any atom is 0.243 e. The molecule has 0 aliphatic carbocycles. The van der Waals surface area contributed by atoms with Crippen LogP contribution in [0.15, 0.2) is 23.1 Å². The maximum atomic E-state index is 12.9. The fourth-order valence-electron chi connectivity index (χ4n) is 3.15. The van der Waals surface area contributed by atoms with Crippen LogP contribution >= 0.6 is 0 Å². The van der Waals surface area contributed by atoms with E-state index in [1.807, 2.05) is 26.1 Å². The Morgan fingerprint density at radius 2 is 1.95 bits per heavy atom. The molecule has 2 heterocycles. The number of nitrogens with one attached hydrogen (secondary N) is 1. The van der Waals surface area contributed by atoms with Crippen LogP contribution in [0.4, 0.5) is 0 Å². The Kier molecular flexibility index (Phi) is 4.05. The second-order valence-electron chi connectivity index (χ2n) is 5.91. The van der Waals surface area contributed by atoms with Crippen molar-refractivity contribution in [2.24, 2.45) is 0 Å². The molecule has 0 amide bonds. The minimum Gasteiger partial charge on any atom is -0.372 e. The number of hydrogen-bond acceptors (Lipinski definition) is 4. The van der Waals surface area contributed by atoms with E-state index < -0.39 is 10.0 Å². The minimum atomic E-state index is -3.43. The van der Waals surface area contributed by atoms with Crippen molar-refractivity contribution in [3.8, 4) is 0 Å². The van der Waals surface area contributed by atoms with Crippen LogP contribution in [0.25, 0.3) is 0 Å². The van der Waals surface area contributed by atoms with Crippen LogP contribution < -0.4 is 5.32 Å². The molecule has 2 aliphatic rings. The molecular weight excluding hydrogens is 288 g/mol. The van der Waals surface area contributed by atoms with Gasteiger partial charge in [0.2, 0.25) is 10.0 Å². The lowest BCUT2D eigenvalue weighted by atomic mass is 10.1. The molecule has 2 bridgehead atoms. The van der Waals surface area contributed by atoms with Gasteiger partial charge in [-0.25, -0.2) is 8.42 Å². The first-order valence-corrected chi connectivity index (χ1v) is 8.84. The number of sulfonamides is 1. The number of nitrogens with zero attached hydrogens (tertiary/aromatic N) is 1. The van der Waals surface area contributed by atoms with Crippen LogP contribution in [0, 0.1) is 6.92 Å². The quantitative estimate of drug-likeness (QED) is 0.910. The summed E-state index contributed by atoms with van der Waals surface area (Å²) < 4.78 is 33.2. The van der Waals surface area contributed by atoms with Gasteiger partial charge < -0.3 is 10.1 Å².